The summed E-state index contributed by atoms with van der Waals surface area (Å²) in [4.78, 5) is 25.3. The third-order valence-corrected chi connectivity index (χ3v) is 9.09. The van der Waals surface area contributed by atoms with Crippen LogP contribution >= 0.6 is 0 Å². The quantitative estimate of drug-likeness (QED) is 0.0291. The van der Waals surface area contributed by atoms with Crippen LogP contribution in [-0.4, -0.2) is 89.0 Å². The van der Waals surface area contributed by atoms with E-state index in [-0.39, 0.29) is 26.1 Å². The van der Waals surface area contributed by atoms with Crippen LogP contribution in [0, 0.1) is 0 Å². The van der Waals surface area contributed by atoms with Crippen molar-refractivity contribution < 1.29 is 49.0 Å². The van der Waals surface area contributed by atoms with Gasteiger partial charge in [0.25, 0.3) is 0 Å². The van der Waals surface area contributed by atoms with Crippen LogP contribution in [0.2, 0.25) is 0 Å². The van der Waals surface area contributed by atoms with E-state index in [4.69, 9.17) is 18.9 Å². The van der Waals surface area contributed by atoms with Crippen molar-refractivity contribution in [2.75, 3.05) is 19.8 Å². The molecule has 0 amide bonds. The van der Waals surface area contributed by atoms with Crippen LogP contribution in [0.1, 0.15) is 142 Å². The predicted molar refractivity (Wildman–Crippen MR) is 219 cm³/mol. The van der Waals surface area contributed by atoms with Crippen LogP contribution in [0.3, 0.4) is 0 Å². The van der Waals surface area contributed by atoms with Gasteiger partial charge in [0.2, 0.25) is 0 Å². The van der Waals surface area contributed by atoms with Crippen LogP contribution in [0.4, 0.5) is 0 Å². The number of hydrogen-bond acceptors (Lipinski definition) is 10. The first-order valence-corrected chi connectivity index (χ1v) is 21.0. The average molecular weight is 775 g/mol. The molecule has 10 nitrogen and oxygen atoms in total. The standard InChI is InChI=1S/C45H74O10/c1-3-5-7-9-11-13-15-17-19-21-23-25-27-29-31-33-40(47)52-36-38(37-53-45-44(51)43(50)42(49)39(35-46)55-45)54-41(48)34-32-30-28-26-24-22-20-18-16-14-12-10-8-6-4-2/h5-8,11-14,17-20,38-39,42-46,49-51H,3-4,9-10,15-16,21-37H2,1-2H3/b7-5-,8-6-,13-11-,14-12-,19-17-,20-18-/t38-,39-,42+,43+,44-,45+/m1/s1. The van der Waals surface area contributed by atoms with Gasteiger partial charge in [-0.2, -0.15) is 0 Å². The van der Waals surface area contributed by atoms with E-state index in [1.54, 1.807) is 0 Å². The van der Waals surface area contributed by atoms with Gasteiger partial charge in [-0.05, 0) is 77.0 Å². The first-order chi connectivity index (χ1) is 26.8. The first kappa shape index (κ1) is 50.2. The topological polar surface area (TPSA) is 152 Å². The zero-order valence-electron chi connectivity index (χ0n) is 33.9. The van der Waals surface area contributed by atoms with Crippen LogP contribution < -0.4 is 0 Å². The Morgan fingerprint density at radius 3 is 1.53 bits per heavy atom. The molecule has 0 aliphatic carbocycles. The minimum Gasteiger partial charge on any atom is -0.462 e. The molecule has 1 rings (SSSR count). The van der Waals surface area contributed by atoms with E-state index in [0.717, 1.165) is 103 Å². The molecule has 0 aromatic carbocycles. The monoisotopic (exact) mass is 775 g/mol. The average Bonchev–Trinajstić information content (AvgIpc) is 3.18. The van der Waals surface area contributed by atoms with Gasteiger partial charge >= 0.3 is 11.9 Å². The summed E-state index contributed by atoms with van der Waals surface area (Å²) in [5.74, 6) is -0.855. The molecule has 55 heavy (non-hydrogen) atoms. The minimum atomic E-state index is -1.60. The number of esters is 2. The smallest absolute Gasteiger partial charge is 0.306 e. The molecule has 0 saturated carbocycles. The van der Waals surface area contributed by atoms with E-state index in [1.807, 2.05) is 0 Å². The fraction of sp³-hybridized carbons (Fsp3) is 0.689. The minimum absolute atomic E-state index is 0.202. The summed E-state index contributed by atoms with van der Waals surface area (Å²) in [5.41, 5.74) is 0. The third-order valence-electron chi connectivity index (χ3n) is 9.09. The molecule has 0 aromatic heterocycles. The van der Waals surface area contributed by atoms with Crippen molar-refractivity contribution in [2.24, 2.45) is 0 Å². The van der Waals surface area contributed by atoms with Gasteiger partial charge in [0, 0.05) is 12.8 Å². The Morgan fingerprint density at radius 1 is 0.564 bits per heavy atom. The zero-order valence-corrected chi connectivity index (χ0v) is 33.9. The van der Waals surface area contributed by atoms with Gasteiger partial charge in [-0.25, -0.2) is 0 Å². The number of allylic oxidation sites excluding steroid dienone is 12. The van der Waals surface area contributed by atoms with Crippen molar-refractivity contribution in [1.82, 2.24) is 0 Å². The number of ether oxygens (including phenoxy) is 4. The second-order valence-corrected chi connectivity index (χ2v) is 14.0. The number of aliphatic hydroxyl groups excluding tert-OH is 4. The highest BCUT2D eigenvalue weighted by Gasteiger charge is 2.44. The van der Waals surface area contributed by atoms with Crippen LogP contribution in [-0.2, 0) is 28.5 Å². The van der Waals surface area contributed by atoms with Gasteiger partial charge in [-0.15, -0.1) is 0 Å². The first-order valence-electron chi connectivity index (χ1n) is 21.0. The molecule has 1 fully saturated rings. The Labute approximate surface area is 332 Å². The number of carbonyl (C=O) groups is 2. The van der Waals surface area contributed by atoms with Crippen molar-refractivity contribution in [3.63, 3.8) is 0 Å². The molecule has 0 unspecified atom stereocenters. The Hall–Kier alpha value is -2.86. The Kier molecular flexibility index (Phi) is 32.4. The summed E-state index contributed by atoms with van der Waals surface area (Å²) in [6.45, 7) is 3.14. The molecule has 0 bridgehead atoms. The van der Waals surface area contributed by atoms with Crippen molar-refractivity contribution >= 4 is 11.9 Å². The number of unbranched alkanes of at least 4 members (excludes halogenated alkanes) is 10. The second-order valence-electron chi connectivity index (χ2n) is 14.0. The lowest BCUT2D eigenvalue weighted by molar-refractivity contribution is -0.305. The van der Waals surface area contributed by atoms with E-state index in [9.17, 15) is 30.0 Å². The normalized spacial score (nSPS) is 21.3. The van der Waals surface area contributed by atoms with Gasteiger partial charge in [-0.3, -0.25) is 9.59 Å². The fourth-order valence-corrected chi connectivity index (χ4v) is 5.80. The molecule has 0 spiro atoms. The lowest BCUT2D eigenvalue weighted by Gasteiger charge is -2.39. The summed E-state index contributed by atoms with van der Waals surface area (Å²) in [7, 11) is 0. The van der Waals surface area contributed by atoms with Gasteiger partial charge in [0.05, 0.1) is 13.2 Å². The van der Waals surface area contributed by atoms with E-state index in [1.165, 1.54) is 0 Å². The van der Waals surface area contributed by atoms with Gasteiger partial charge in [0.1, 0.15) is 31.0 Å². The lowest BCUT2D eigenvalue weighted by atomic mass is 9.99. The van der Waals surface area contributed by atoms with Crippen LogP contribution in [0.25, 0.3) is 0 Å². The largest absolute Gasteiger partial charge is 0.462 e. The molecule has 10 heteroatoms. The SMILES string of the molecule is CC/C=C\C/C=C\C/C=C\CCCCCCCC(=O)OC[C@H](CO[C@H]1O[C@H](CO)[C@H](O)[C@H](O)[C@H]1O)OC(=O)CCCCCCC/C=C\C/C=C\C/C=C\CC. The molecule has 1 aliphatic heterocycles. The summed E-state index contributed by atoms with van der Waals surface area (Å²) >= 11 is 0. The molecule has 314 valence electrons. The maximum absolute atomic E-state index is 12.7. The number of carbonyl (C=O) groups excluding carboxylic acids is 2. The van der Waals surface area contributed by atoms with Crippen molar-refractivity contribution in [3.05, 3.63) is 72.9 Å². The molecular formula is C45H74O10. The van der Waals surface area contributed by atoms with E-state index >= 15 is 0 Å². The summed E-state index contributed by atoms with van der Waals surface area (Å²) in [6, 6.07) is 0. The number of aliphatic hydroxyl groups is 4. The maximum atomic E-state index is 12.7. The fourth-order valence-electron chi connectivity index (χ4n) is 5.80. The van der Waals surface area contributed by atoms with Crippen LogP contribution in [0.15, 0.2) is 72.9 Å². The summed E-state index contributed by atoms with van der Waals surface area (Å²) < 4.78 is 22.1. The molecular weight excluding hydrogens is 700 g/mol. The maximum Gasteiger partial charge on any atom is 0.306 e. The summed E-state index contributed by atoms with van der Waals surface area (Å²) in [5, 5.41) is 40.0. The molecule has 0 radical (unpaired) electrons. The lowest BCUT2D eigenvalue weighted by Crippen LogP contribution is -2.59. The zero-order chi connectivity index (χ0) is 40.2. The van der Waals surface area contributed by atoms with Gasteiger partial charge < -0.3 is 39.4 Å². The molecule has 6 atom stereocenters. The van der Waals surface area contributed by atoms with E-state index in [0.29, 0.717) is 12.8 Å². The Balaban J connectivity index is 2.39. The molecule has 1 heterocycles. The highest BCUT2D eigenvalue weighted by atomic mass is 16.7. The third kappa shape index (κ3) is 27.4. The van der Waals surface area contributed by atoms with Crippen LogP contribution in [0.5, 0.6) is 0 Å². The van der Waals surface area contributed by atoms with E-state index < -0.39 is 55.4 Å². The number of hydrogen-bond donors (Lipinski definition) is 4. The van der Waals surface area contributed by atoms with Gasteiger partial charge in [-0.1, -0.05) is 125 Å². The summed E-state index contributed by atoms with van der Waals surface area (Å²) in [6.07, 6.45) is 36.2. The molecule has 1 aliphatic rings. The molecule has 4 N–H and O–H groups in total. The van der Waals surface area contributed by atoms with Crippen molar-refractivity contribution in [2.45, 2.75) is 179 Å². The second kappa shape index (κ2) is 35.5. The molecule has 0 aromatic rings. The Bertz CT molecular complexity index is 1120. The van der Waals surface area contributed by atoms with E-state index in [2.05, 4.69) is 86.8 Å². The molecule has 1 saturated heterocycles. The Morgan fingerprint density at radius 2 is 1.02 bits per heavy atom. The highest BCUT2D eigenvalue weighted by molar-refractivity contribution is 5.70. The number of rotatable bonds is 33. The van der Waals surface area contributed by atoms with Crippen molar-refractivity contribution in [3.8, 4) is 0 Å². The predicted octanol–water partition coefficient (Wildman–Crippen LogP) is 8.44. The highest BCUT2D eigenvalue weighted by Crippen LogP contribution is 2.22. The van der Waals surface area contributed by atoms with Crippen molar-refractivity contribution in [1.29, 1.82) is 0 Å². The van der Waals surface area contributed by atoms with Gasteiger partial charge in [0.15, 0.2) is 12.4 Å².